The van der Waals surface area contributed by atoms with Gasteiger partial charge in [-0.05, 0) is 17.7 Å². The van der Waals surface area contributed by atoms with E-state index in [0.29, 0.717) is 10.0 Å². The standard InChI is InChI=1S/C14H11Cl2N3S/c1-19-8-18-11-5-6-17-14(13(11)19)20-7-9-3-2-4-10(15)12(9)16/h2-6,8H,7H2,1H3. The number of hydrogen-bond acceptors (Lipinski definition) is 3. The monoisotopic (exact) mass is 323 g/mol. The lowest BCUT2D eigenvalue weighted by Crippen LogP contribution is -1.91. The Balaban J connectivity index is 1.91. The fourth-order valence-electron chi connectivity index (χ4n) is 1.98. The van der Waals surface area contributed by atoms with Crippen molar-refractivity contribution in [3.63, 3.8) is 0 Å². The molecular weight excluding hydrogens is 313 g/mol. The highest BCUT2D eigenvalue weighted by Crippen LogP contribution is 2.32. The Labute approximate surface area is 130 Å². The SMILES string of the molecule is Cn1cnc2ccnc(SCc3cccc(Cl)c3Cl)c21. The maximum Gasteiger partial charge on any atom is 0.122 e. The number of imidazole rings is 1. The van der Waals surface area contributed by atoms with Crippen molar-refractivity contribution in [3.05, 3.63) is 52.4 Å². The molecule has 0 aliphatic heterocycles. The largest absolute Gasteiger partial charge is 0.332 e. The van der Waals surface area contributed by atoms with Crippen LogP contribution in [-0.4, -0.2) is 14.5 Å². The number of rotatable bonds is 3. The van der Waals surface area contributed by atoms with E-state index < -0.39 is 0 Å². The van der Waals surface area contributed by atoms with Gasteiger partial charge in [0.1, 0.15) is 10.5 Å². The first-order valence-electron chi connectivity index (χ1n) is 5.98. The lowest BCUT2D eigenvalue weighted by atomic mass is 10.2. The topological polar surface area (TPSA) is 30.7 Å². The van der Waals surface area contributed by atoms with Crippen molar-refractivity contribution in [3.8, 4) is 0 Å². The zero-order valence-corrected chi connectivity index (χ0v) is 13.0. The molecule has 0 unspecified atom stereocenters. The first-order valence-corrected chi connectivity index (χ1v) is 7.72. The molecule has 6 heteroatoms. The molecule has 102 valence electrons. The molecule has 20 heavy (non-hydrogen) atoms. The fourth-order valence-corrected chi connectivity index (χ4v) is 3.50. The third kappa shape index (κ3) is 2.51. The van der Waals surface area contributed by atoms with Gasteiger partial charge >= 0.3 is 0 Å². The summed E-state index contributed by atoms with van der Waals surface area (Å²) >= 11 is 13.9. The summed E-state index contributed by atoms with van der Waals surface area (Å²) in [5, 5.41) is 2.13. The number of pyridine rings is 1. The van der Waals surface area contributed by atoms with E-state index in [0.717, 1.165) is 27.4 Å². The first-order chi connectivity index (χ1) is 9.66. The van der Waals surface area contributed by atoms with Crippen LogP contribution in [0.25, 0.3) is 11.0 Å². The van der Waals surface area contributed by atoms with Crippen molar-refractivity contribution in [1.29, 1.82) is 0 Å². The van der Waals surface area contributed by atoms with Gasteiger partial charge in [0.15, 0.2) is 0 Å². The van der Waals surface area contributed by atoms with E-state index in [2.05, 4.69) is 9.97 Å². The lowest BCUT2D eigenvalue weighted by Gasteiger charge is -2.06. The molecule has 0 amide bonds. The maximum absolute atomic E-state index is 6.20. The molecule has 0 N–H and O–H groups in total. The van der Waals surface area contributed by atoms with Gasteiger partial charge in [-0.15, -0.1) is 0 Å². The predicted octanol–water partition coefficient (Wildman–Crippen LogP) is 4.57. The molecule has 0 radical (unpaired) electrons. The number of benzene rings is 1. The van der Waals surface area contributed by atoms with E-state index in [-0.39, 0.29) is 0 Å². The minimum Gasteiger partial charge on any atom is -0.332 e. The minimum atomic E-state index is 0.580. The Morgan fingerprint density at radius 3 is 2.90 bits per heavy atom. The van der Waals surface area contributed by atoms with Crippen molar-refractivity contribution in [2.24, 2.45) is 7.05 Å². The molecule has 0 fully saturated rings. The lowest BCUT2D eigenvalue weighted by molar-refractivity contribution is 0.927. The number of aryl methyl sites for hydroxylation is 1. The summed E-state index contributed by atoms with van der Waals surface area (Å²) < 4.78 is 1.98. The van der Waals surface area contributed by atoms with Crippen LogP contribution in [0.5, 0.6) is 0 Å². The van der Waals surface area contributed by atoms with Crippen molar-refractivity contribution in [2.45, 2.75) is 10.8 Å². The zero-order valence-electron chi connectivity index (χ0n) is 10.7. The zero-order chi connectivity index (χ0) is 14.1. The van der Waals surface area contributed by atoms with Crippen LogP contribution >= 0.6 is 35.0 Å². The second-order valence-electron chi connectivity index (χ2n) is 4.34. The van der Waals surface area contributed by atoms with Gasteiger partial charge in [0.2, 0.25) is 0 Å². The van der Waals surface area contributed by atoms with Crippen LogP contribution in [0.15, 0.2) is 41.8 Å². The Bertz CT molecular complexity index is 770. The smallest absolute Gasteiger partial charge is 0.122 e. The van der Waals surface area contributed by atoms with Gasteiger partial charge in [-0.3, -0.25) is 0 Å². The van der Waals surface area contributed by atoms with Crippen molar-refractivity contribution >= 4 is 46.0 Å². The number of thioether (sulfide) groups is 1. The van der Waals surface area contributed by atoms with Crippen LogP contribution in [0.1, 0.15) is 5.56 Å². The number of halogens is 2. The fraction of sp³-hybridized carbons (Fsp3) is 0.143. The number of hydrogen-bond donors (Lipinski definition) is 0. The molecule has 0 aliphatic rings. The van der Waals surface area contributed by atoms with Gasteiger partial charge < -0.3 is 4.57 Å². The molecular formula is C14H11Cl2N3S. The molecule has 0 atom stereocenters. The summed E-state index contributed by atoms with van der Waals surface area (Å²) in [4.78, 5) is 8.76. The molecule has 0 saturated heterocycles. The molecule has 2 aromatic heterocycles. The first kappa shape index (κ1) is 13.7. The Kier molecular flexibility index (Phi) is 3.87. The van der Waals surface area contributed by atoms with Gasteiger partial charge in [-0.1, -0.05) is 47.1 Å². The van der Waals surface area contributed by atoms with Gasteiger partial charge in [0.25, 0.3) is 0 Å². The Morgan fingerprint density at radius 2 is 2.05 bits per heavy atom. The van der Waals surface area contributed by atoms with E-state index in [4.69, 9.17) is 23.2 Å². The van der Waals surface area contributed by atoms with Crippen LogP contribution in [0.3, 0.4) is 0 Å². The Hall–Kier alpha value is -1.23. The number of aromatic nitrogens is 3. The van der Waals surface area contributed by atoms with Crippen LogP contribution in [0, 0.1) is 0 Å². The van der Waals surface area contributed by atoms with Crippen molar-refractivity contribution in [2.75, 3.05) is 0 Å². The second kappa shape index (κ2) is 5.64. The minimum absolute atomic E-state index is 0.580. The van der Waals surface area contributed by atoms with E-state index in [9.17, 15) is 0 Å². The van der Waals surface area contributed by atoms with Crippen LogP contribution in [0.2, 0.25) is 10.0 Å². The maximum atomic E-state index is 6.20. The molecule has 2 heterocycles. The molecule has 0 bridgehead atoms. The number of nitrogens with zero attached hydrogens (tertiary/aromatic N) is 3. The summed E-state index contributed by atoms with van der Waals surface area (Å²) in [7, 11) is 1.97. The van der Waals surface area contributed by atoms with Gasteiger partial charge in [0, 0.05) is 19.0 Å². The second-order valence-corrected chi connectivity index (χ2v) is 6.09. The van der Waals surface area contributed by atoms with Crippen LogP contribution in [0.4, 0.5) is 0 Å². The van der Waals surface area contributed by atoms with Gasteiger partial charge in [-0.25, -0.2) is 9.97 Å². The average molecular weight is 324 g/mol. The predicted molar refractivity (Wildman–Crippen MR) is 84.5 cm³/mol. The molecule has 3 nitrogen and oxygen atoms in total. The quantitative estimate of drug-likeness (QED) is 0.661. The molecule has 1 aromatic carbocycles. The van der Waals surface area contributed by atoms with Crippen molar-refractivity contribution < 1.29 is 0 Å². The van der Waals surface area contributed by atoms with Crippen LogP contribution < -0.4 is 0 Å². The summed E-state index contributed by atoms with van der Waals surface area (Å²) in [6.07, 6.45) is 3.57. The van der Waals surface area contributed by atoms with E-state index in [1.54, 1.807) is 30.4 Å². The van der Waals surface area contributed by atoms with Gasteiger partial charge in [-0.2, -0.15) is 0 Å². The Morgan fingerprint density at radius 1 is 1.20 bits per heavy atom. The third-order valence-electron chi connectivity index (χ3n) is 2.99. The summed E-state index contributed by atoms with van der Waals surface area (Å²) in [6.45, 7) is 0. The average Bonchev–Trinajstić information content (AvgIpc) is 2.83. The molecule has 3 rings (SSSR count). The summed E-state index contributed by atoms with van der Waals surface area (Å²) in [6, 6.07) is 7.58. The third-order valence-corrected chi connectivity index (χ3v) is 4.87. The highest BCUT2D eigenvalue weighted by Gasteiger charge is 2.10. The molecule has 0 saturated carbocycles. The summed E-state index contributed by atoms with van der Waals surface area (Å²) in [5.74, 6) is 0.719. The summed E-state index contributed by atoms with van der Waals surface area (Å²) in [5.41, 5.74) is 2.99. The van der Waals surface area contributed by atoms with E-state index >= 15 is 0 Å². The highest BCUT2D eigenvalue weighted by molar-refractivity contribution is 7.98. The van der Waals surface area contributed by atoms with E-state index in [1.165, 1.54) is 0 Å². The van der Waals surface area contributed by atoms with Crippen molar-refractivity contribution in [1.82, 2.24) is 14.5 Å². The molecule has 0 spiro atoms. The molecule has 0 aliphatic carbocycles. The number of fused-ring (bicyclic) bond motifs is 1. The van der Waals surface area contributed by atoms with E-state index in [1.807, 2.05) is 29.8 Å². The normalized spacial score (nSPS) is 11.2. The molecule has 3 aromatic rings. The van der Waals surface area contributed by atoms with Crippen LogP contribution in [-0.2, 0) is 12.8 Å². The highest BCUT2D eigenvalue weighted by atomic mass is 35.5. The van der Waals surface area contributed by atoms with Gasteiger partial charge in [0.05, 0.1) is 21.9 Å².